The Balaban J connectivity index is 1.06. The molecule has 11 heteroatoms. The zero-order valence-electron chi connectivity index (χ0n) is 20.3. The van der Waals surface area contributed by atoms with Gasteiger partial charge in [-0.25, -0.2) is 9.78 Å². The zero-order chi connectivity index (χ0) is 26.2. The topological polar surface area (TPSA) is 122 Å². The zero-order valence-corrected chi connectivity index (χ0v) is 21.1. The average molecular weight is 530 g/mol. The minimum Gasteiger partial charge on any atom is -0.422 e. The minimum absolute atomic E-state index is 0.00487. The van der Waals surface area contributed by atoms with Gasteiger partial charge >= 0.3 is 5.63 Å². The molecule has 0 atom stereocenters. The van der Waals surface area contributed by atoms with Gasteiger partial charge in [0.05, 0.1) is 15.1 Å². The molecule has 3 aromatic carbocycles. The van der Waals surface area contributed by atoms with Crippen molar-refractivity contribution in [2.75, 3.05) is 44.2 Å². The lowest BCUT2D eigenvalue weighted by molar-refractivity contribution is -0.384. The van der Waals surface area contributed by atoms with Gasteiger partial charge in [-0.3, -0.25) is 19.8 Å². The van der Waals surface area contributed by atoms with Gasteiger partial charge in [-0.2, -0.15) is 0 Å². The highest BCUT2D eigenvalue weighted by Gasteiger charge is 2.21. The molecule has 0 spiro atoms. The van der Waals surface area contributed by atoms with Crippen LogP contribution in [0.25, 0.3) is 32.0 Å². The Kier molecular flexibility index (Phi) is 6.22. The summed E-state index contributed by atoms with van der Waals surface area (Å²) in [6.45, 7) is 4.14. The molecule has 0 aliphatic carbocycles. The van der Waals surface area contributed by atoms with Crippen molar-refractivity contribution in [1.82, 2.24) is 15.2 Å². The Morgan fingerprint density at radius 2 is 1.87 bits per heavy atom. The van der Waals surface area contributed by atoms with Gasteiger partial charge in [0.1, 0.15) is 11.1 Å². The molecule has 6 rings (SSSR count). The number of aromatic nitrogens is 1. The van der Waals surface area contributed by atoms with E-state index in [4.69, 9.17) is 4.42 Å². The SMILES string of the molecule is O=C(NCCN1CCN(c2nc3ccc([N+](=O)[O-])cc3s2)CC1)c1cc2c(ccc3ccccc32)oc1=O. The van der Waals surface area contributed by atoms with Crippen LogP contribution in [0.4, 0.5) is 10.8 Å². The van der Waals surface area contributed by atoms with Crippen molar-refractivity contribution in [2.24, 2.45) is 0 Å². The Bertz CT molecular complexity index is 1760. The lowest BCUT2D eigenvalue weighted by atomic mass is 10.0. The predicted molar refractivity (Wildman–Crippen MR) is 147 cm³/mol. The van der Waals surface area contributed by atoms with Crippen molar-refractivity contribution in [3.63, 3.8) is 0 Å². The lowest BCUT2D eigenvalue weighted by Crippen LogP contribution is -2.48. The Morgan fingerprint density at radius 1 is 1.05 bits per heavy atom. The maximum absolute atomic E-state index is 12.8. The monoisotopic (exact) mass is 529 g/mol. The van der Waals surface area contributed by atoms with E-state index in [1.54, 1.807) is 24.3 Å². The van der Waals surface area contributed by atoms with E-state index >= 15 is 0 Å². The van der Waals surface area contributed by atoms with Gasteiger partial charge in [0.15, 0.2) is 5.13 Å². The first kappa shape index (κ1) is 24.0. The molecule has 1 aliphatic rings. The van der Waals surface area contributed by atoms with Crippen LogP contribution in [0.2, 0.25) is 0 Å². The molecule has 1 amide bonds. The molecule has 1 fully saturated rings. The number of fused-ring (bicyclic) bond motifs is 4. The number of nitro groups is 1. The van der Waals surface area contributed by atoms with Crippen molar-refractivity contribution >= 4 is 60.0 Å². The first-order valence-electron chi connectivity index (χ1n) is 12.2. The van der Waals surface area contributed by atoms with Gasteiger partial charge in [0, 0.05) is 56.8 Å². The van der Waals surface area contributed by atoms with Gasteiger partial charge in [0.25, 0.3) is 11.6 Å². The molecule has 5 aromatic rings. The Labute approximate surface area is 220 Å². The number of piperazine rings is 1. The number of carbonyl (C=O) groups excluding carboxylic acids is 1. The van der Waals surface area contributed by atoms with Gasteiger partial charge in [-0.15, -0.1) is 0 Å². The van der Waals surface area contributed by atoms with E-state index in [0.717, 1.165) is 57.7 Å². The summed E-state index contributed by atoms with van der Waals surface area (Å²) >= 11 is 1.45. The van der Waals surface area contributed by atoms with Crippen LogP contribution in [-0.4, -0.2) is 60.0 Å². The summed E-state index contributed by atoms with van der Waals surface area (Å²) < 4.78 is 6.24. The average Bonchev–Trinajstić information content (AvgIpc) is 3.36. The van der Waals surface area contributed by atoms with Gasteiger partial charge < -0.3 is 14.6 Å². The molecule has 192 valence electrons. The number of benzene rings is 3. The smallest absolute Gasteiger partial charge is 0.349 e. The molecule has 38 heavy (non-hydrogen) atoms. The number of hydrogen-bond acceptors (Lipinski definition) is 9. The summed E-state index contributed by atoms with van der Waals surface area (Å²) in [4.78, 5) is 45.0. The van der Waals surface area contributed by atoms with Crippen LogP contribution in [0.1, 0.15) is 10.4 Å². The summed E-state index contributed by atoms with van der Waals surface area (Å²) in [6, 6.07) is 17.7. The van der Waals surface area contributed by atoms with E-state index in [2.05, 4.69) is 20.1 Å². The second kappa shape index (κ2) is 9.84. The number of thiazole rings is 1. The lowest BCUT2D eigenvalue weighted by Gasteiger charge is -2.34. The highest BCUT2D eigenvalue weighted by atomic mass is 32.1. The molecule has 0 radical (unpaired) electrons. The molecule has 1 N–H and O–H groups in total. The van der Waals surface area contributed by atoms with Crippen LogP contribution in [-0.2, 0) is 0 Å². The predicted octanol–water partition coefficient (Wildman–Crippen LogP) is 4.02. The summed E-state index contributed by atoms with van der Waals surface area (Å²) in [5.41, 5.74) is 0.616. The highest BCUT2D eigenvalue weighted by Crippen LogP contribution is 2.32. The fourth-order valence-corrected chi connectivity index (χ4v) is 5.82. The third-order valence-corrected chi connectivity index (χ3v) is 7.89. The molecule has 10 nitrogen and oxygen atoms in total. The molecule has 0 bridgehead atoms. The number of rotatable bonds is 6. The second-order valence-electron chi connectivity index (χ2n) is 9.14. The van der Waals surface area contributed by atoms with Crippen LogP contribution in [0.5, 0.6) is 0 Å². The van der Waals surface area contributed by atoms with Crippen molar-refractivity contribution in [1.29, 1.82) is 0 Å². The van der Waals surface area contributed by atoms with E-state index in [9.17, 15) is 19.7 Å². The normalized spacial score (nSPS) is 14.4. The third kappa shape index (κ3) is 4.57. The molecule has 1 saturated heterocycles. The van der Waals surface area contributed by atoms with Gasteiger partial charge in [0.2, 0.25) is 0 Å². The van der Waals surface area contributed by atoms with Crippen molar-refractivity contribution in [2.45, 2.75) is 0 Å². The molecule has 2 aromatic heterocycles. The number of non-ortho nitro benzene ring substituents is 1. The van der Waals surface area contributed by atoms with Crippen LogP contribution in [0.15, 0.2) is 69.9 Å². The first-order valence-corrected chi connectivity index (χ1v) is 13.0. The van der Waals surface area contributed by atoms with Crippen LogP contribution < -0.4 is 15.8 Å². The van der Waals surface area contributed by atoms with E-state index in [0.29, 0.717) is 18.7 Å². The number of anilines is 1. The molecule has 3 heterocycles. The van der Waals surface area contributed by atoms with E-state index in [1.807, 2.05) is 30.3 Å². The highest BCUT2D eigenvalue weighted by molar-refractivity contribution is 7.22. The van der Waals surface area contributed by atoms with Crippen LogP contribution in [0, 0.1) is 10.1 Å². The van der Waals surface area contributed by atoms with Crippen molar-refractivity contribution in [3.8, 4) is 0 Å². The molecule has 0 unspecified atom stereocenters. The first-order chi connectivity index (χ1) is 18.5. The number of nitrogens with zero attached hydrogens (tertiary/aromatic N) is 4. The largest absolute Gasteiger partial charge is 0.422 e. The standard InChI is InChI=1S/C27H23N5O5S/c33-25(21-16-20-19-4-2-1-3-17(19)5-8-23(20)37-26(21)34)28-9-10-30-11-13-31(14-12-30)27-29-22-7-6-18(32(35)36)15-24(22)38-27/h1-8,15-16H,9-14H2,(H,28,33). The summed E-state index contributed by atoms with van der Waals surface area (Å²) in [5.74, 6) is -0.448. The molecular formula is C27H23N5O5S. The van der Waals surface area contributed by atoms with E-state index < -0.39 is 16.5 Å². The summed E-state index contributed by atoms with van der Waals surface area (Å²) in [6.07, 6.45) is 0. The third-order valence-electron chi connectivity index (χ3n) is 6.81. The van der Waals surface area contributed by atoms with Crippen LogP contribution in [0.3, 0.4) is 0 Å². The van der Waals surface area contributed by atoms with Crippen molar-refractivity contribution < 1.29 is 14.1 Å². The molecular weight excluding hydrogens is 506 g/mol. The summed E-state index contributed by atoms with van der Waals surface area (Å²) in [5, 5.41) is 17.4. The number of nitro benzene ring substituents is 1. The Morgan fingerprint density at radius 3 is 2.68 bits per heavy atom. The van der Waals surface area contributed by atoms with E-state index in [-0.39, 0.29) is 11.3 Å². The van der Waals surface area contributed by atoms with Gasteiger partial charge in [-0.1, -0.05) is 41.7 Å². The van der Waals surface area contributed by atoms with Crippen molar-refractivity contribution in [3.05, 3.63) is 86.8 Å². The number of carbonyl (C=O) groups is 1. The number of nitrogens with one attached hydrogen (secondary N) is 1. The fraction of sp³-hybridized carbons (Fsp3) is 0.222. The number of hydrogen-bond donors (Lipinski definition) is 1. The maximum Gasteiger partial charge on any atom is 0.349 e. The molecule has 0 saturated carbocycles. The Hall–Kier alpha value is -4.35. The van der Waals surface area contributed by atoms with Gasteiger partial charge in [-0.05, 0) is 29.0 Å². The molecule has 1 aliphatic heterocycles. The van der Waals surface area contributed by atoms with E-state index in [1.165, 1.54) is 17.4 Å². The minimum atomic E-state index is -0.653. The summed E-state index contributed by atoms with van der Waals surface area (Å²) in [7, 11) is 0. The second-order valence-corrected chi connectivity index (χ2v) is 10.1. The van der Waals surface area contributed by atoms with Crippen LogP contribution >= 0.6 is 11.3 Å². The maximum atomic E-state index is 12.8. The fourth-order valence-electron chi connectivity index (χ4n) is 4.77. The number of amides is 1. The quantitative estimate of drug-likeness (QED) is 0.152.